The molecule has 1 aromatic carbocycles. The number of non-ortho nitro benzene ring substituents is 1. The van der Waals surface area contributed by atoms with Crippen LogP contribution in [0.1, 0.15) is 18.9 Å². The smallest absolute Gasteiger partial charge is 0.410 e. The lowest BCUT2D eigenvalue weighted by Gasteiger charge is -2.27. The van der Waals surface area contributed by atoms with E-state index in [9.17, 15) is 24.5 Å². The van der Waals surface area contributed by atoms with E-state index in [1.165, 1.54) is 30.8 Å². The maximum Gasteiger partial charge on any atom is 0.410 e. The molecular weight excluding hydrogens is 412 g/mol. The summed E-state index contributed by atoms with van der Waals surface area (Å²) in [6, 6.07) is 5.49. The van der Waals surface area contributed by atoms with Crippen LogP contribution in [0, 0.1) is 10.1 Å². The summed E-state index contributed by atoms with van der Waals surface area (Å²) in [5, 5.41) is 10.7. The molecule has 2 atom stereocenters. The molecule has 0 bridgehead atoms. The fraction of sp³-hybridized carbons (Fsp3) is 0.526. The highest BCUT2D eigenvalue weighted by Crippen LogP contribution is 2.30. The number of nitrogens with zero attached hydrogens (tertiary/aromatic N) is 4. The number of nitro groups is 1. The topological polar surface area (TPSA) is 113 Å². The first kappa shape index (κ1) is 21.9. The van der Waals surface area contributed by atoms with Gasteiger partial charge in [0.15, 0.2) is 5.12 Å². The average Bonchev–Trinajstić information content (AvgIpc) is 3.24. The van der Waals surface area contributed by atoms with Crippen molar-refractivity contribution in [3.8, 4) is 0 Å². The van der Waals surface area contributed by atoms with Crippen molar-refractivity contribution in [2.45, 2.75) is 31.2 Å². The number of nitro benzene ring substituents is 1. The third-order valence-corrected chi connectivity index (χ3v) is 6.19. The van der Waals surface area contributed by atoms with Crippen molar-refractivity contribution in [2.75, 3.05) is 33.2 Å². The lowest BCUT2D eigenvalue weighted by Crippen LogP contribution is -2.44. The molecule has 0 radical (unpaired) electrons. The van der Waals surface area contributed by atoms with E-state index in [-0.39, 0.29) is 34.7 Å². The molecular formula is C19H24N4O6S. The van der Waals surface area contributed by atoms with Gasteiger partial charge in [0, 0.05) is 57.5 Å². The number of hydrogen-bond acceptors (Lipinski definition) is 7. The van der Waals surface area contributed by atoms with Crippen molar-refractivity contribution in [1.29, 1.82) is 0 Å². The Morgan fingerprint density at radius 2 is 1.97 bits per heavy atom. The number of urea groups is 1. The van der Waals surface area contributed by atoms with Crippen LogP contribution in [0.2, 0.25) is 0 Å². The van der Waals surface area contributed by atoms with E-state index in [1.807, 2.05) is 0 Å². The molecule has 0 aromatic heterocycles. The Balaban J connectivity index is 1.63. The van der Waals surface area contributed by atoms with E-state index in [4.69, 9.17) is 4.74 Å². The number of rotatable bonds is 6. The first-order valence-electron chi connectivity index (χ1n) is 9.58. The molecule has 30 heavy (non-hydrogen) atoms. The first-order valence-corrected chi connectivity index (χ1v) is 10.5. The van der Waals surface area contributed by atoms with Crippen LogP contribution in [0.15, 0.2) is 24.3 Å². The van der Waals surface area contributed by atoms with E-state index in [1.54, 1.807) is 33.9 Å². The number of hydrogen-bond donors (Lipinski definition) is 0. The molecule has 0 N–H and O–H groups in total. The van der Waals surface area contributed by atoms with Crippen molar-refractivity contribution < 1.29 is 24.0 Å². The lowest BCUT2D eigenvalue weighted by molar-refractivity contribution is -0.384. The number of amides is 3. The maximum absolute atomic E-state index is 12.7. The number of ether oxygens (including phenoxy) is 1. The van der Waals surface area contributed by atoms with Crippen LogP contribution in [-0.2, 0) is 16.1 Å². The summed E-state index contributed by atoms with van der Waals surface area (Å²) in [5.74, 6) is 0. The minimum Gasteiger partial charge on any atom is -0.445 e. The van der Waals surface area contributed by atoms with Gasteiger partial charge in [-0.1, -0.05) is 11.8 Å². The number of likely N-dealkylation sites (N-methyl/N-ethyl adjacent to an activating group) is 1. The molecule has 162 valence electrons. The van der Waals surface area contributed by atoms with E-state index in [2.05, 4.69) is 0 Å². The zero-order valence-electron chi connectivity index (χ0n) is 16.9. The van der Waals surface area contributed by atoms with Gasteiger partial charge in [-0.05, 0) is 24.1 Å². The monoisotopic (exact) mass is 436 g/mol. The number of likely N-dealkylation sites (tertiary alicyclic amines) is 1. The molecule has 3 amide bonds. The van der Waals surface area contributed by atoms with Gasteiger partial charge >= 0.3 is 12.1 Å². The zero-order valence-corrected chi connectivity index (χ0v) is 17.7. The molecule has 0 saturated carbocycles. The number of carbonyl (C=O) groups excluding carboxylic acids is 3. The third kappa shape index (κ3) is 5.21. The Labute approximate surface area is 178 Å². The molecule has 0 spiro atoms. The summed E-state index contributed by atoms with van der Waals surface area (Å²) < 4.78 is 5.42. The molecule has 1 aromatic rings. The third-order valence-electron chi connectivity index (χ3n) is 5.19. The van der Waals surface area contributed by atoms with Crippen molar-refractivity contribution in [1.82, 2.24) is 14.7 Å². The average molecular weight is 436 g/mol. The molecule has 11 heteroatoms. The van der Waals surface area contributed by atoms with Crippen molar-refractivity contribution >= 4 is 34.7 Å². The Kier molecular flexibility index (Phi) is 6.80. The second-order valence-corrected chi connectivity index (χ2v) is 8.88. The molecule has 0 aliphatic carbocycles. The van der Waals surface area contributed by atoms with Gasteiger partial charge in [-0.25, -0.2) is 9.59 Å². The highest BCUT2D eigenvalue weighted by Gasteiger charge is 2.40. The first-order chi connectivity index (χ1) is 14.2. The minimum atomic E-state index is -0.523. The van der Waals surface area contributed by atoms with E-state index in [0.29, 0.717) is 38.2 Å². The number of benzene rings is 1. The predicted octanol–water partition coefficient (Wildman–Crippen LogP) is 2.32. The fourth-order valence-corrected chi connectivity index (χ4v) is 4.68. The summed E-state index contributed by atoms with van der Waals surface area (Å²) in [6.07, 6.45) is 0.0784. The molecule has 0 unspecified atom stereocenters. The van der Waals surface area contributed by atoms with Crippen LogP contribution < -0.4 is 0 Å². The summed E-state index contributed by atoms with van der Waals surface area (Å²) >= 11 is 1.20. The normalized spacial score (nSPS) is 21.3. The van der Waals surface area contributed by atoms with E-state index >= 15 is 0 Å². The van der Waals surface area contributed by atoms with Crippen LogP contribution in [0.3, 0.4) is 0 Å². The van der Waals surface area contributed by atoms with Gasteiger partial charge in [-0.15, -0.1) is 0 Å². The maximum atomic E-state index is 12.7. The zero-order chi connectivity index (χ0) is 21.8. The minimum absolute atomic E-state index is 0.0168. The largest absolute Gasteiger partial charge is 0.445 e. The van der Waals surface area contributed by atoms with E-state index < -0.39 is 11.0 Å². The van der Waals surface area contributed by atoms with Gasteiger partial charge in [-0.2, -0.15) is 0 Å². The fourth-order valence-electron chi connectivity index (χ4n) is 3.66. The molecule has 2 fully saturated rings. The molecule has 2 saturated heterocycles. The van der Waals surface area contributed by atoms with Gasteiger partial charge in [0.1, 0.15) is 6.61 Å². The van der Waals surface area contributed by atoms with Gasteiger partial charge < -0.3 is 19.4 Å². The summed E-state index contributed by atoms with van der Waals surface area (Å²) in [6.45, 7) is 3.48. The highest BCUT2D eigenvalue weighted by atomic mass is 32.2. The summed E-state index contributed by atoms with van der Waals surface area (Å²) in [5.41, 5.74) is 0.602. The quantitative estimate of drug-likeness (QED) is 0.497. The van der Waals surface area contributed by atoms with Crippen molar-refractivity contribution in [3.63, 3.8) is 0 Å². The van der Waals surface area contributed by atoms with Crippen molar-refractivity contribution in [2.24, 2.45) is 0 Å². The standard InChI is InChI=1S/C19H24N4O6S/c1-13(24)30-17-9-16(10-21-8-7-20(2)18(21)25)22(11-17)19(26)29-12-14-3-5-15(6-4-14)23(27)28/h3-6,16-17H,7-12H2,1-2H3/t16-,17-/m0/s1. The second kappa shape index (κ2) is 9.33. The van der Waals surface area contributed by atoms with Crippen LogP contribution in [-0.4, -0.2) is 81.4 Å². The summed E-state index contributed by atoms with van der Waals surface area (Å²) in [7, 11) is 1.74. The molecule has 3 rings (SSSR count). The predicted molar refractivity (Wildman–Crippen MR) is 110 cm³/mol. The van der Waals surface area contributed by atoms with Crippen LogP contribution >= 0.6 is 11.8 Å². The molecule has 10 nitrogen and oxygen atoms in total. The van der Waals surface area contributed by atoms with Gasteiger partial charge in [0.2, 0.25) is 0 Å². The molecule has 2 aliphatic rings. The number of thioether (sulfide) groups is 1. The summed E-state index contributed by atoms with van der Waals surface area (Å²) in [4.78, 5) is 51.7. The van der Waals surface area contributed by atoms with Crippen LogP contribution in [0.25, 0.3) is 0 Å². The van der Waals surface area contributed by atoms with Gasteiger partial charge in [0.05, 0.1) is 11.0 Å². The van der Waals surface area contributed by atoms with Crippen molar-refractivity contribution in [3.05, 3.63) is 39.9 Å². The Morgan fingerprint density at radius 3 is 2.53 bits per heavy atom. The van der Waals surface area contributed by atoms with Gasteiger partial charge in [0.25, 0.3) is 5.69 Å². The second-order valence-electron chi connectivity index (χ2n) is 7.40. The highest BCUT2D eigenvalue weighted by molar-refractivity contribution is 8.14. The SMILES string of the molecule is CC(=O)S[C@H]1C[C@@H](CN2CCN(C)C2=O)N(C(=O)OCc2ccc([N+](=O)[O-])cc2)C1. The molecule has 2 heterocycles. The number of carbonyl (C=O) groups is 3. The van der Waals surface area contributed by atoms with Crippen LogP contribution in [0.5, 0.6) is 0 Å². The van der Waals surface area contributed by atoms with Gasteiger partial charge in [-0.3, -0.25) is 14.9 Å². The Morgan fingerprint density at radius 1 is 1.27 bits per heavy atom. The van der Waals surface area contributed by atoms with E-state index in [0.717, 1.165) is 0 Å². The van der Waals surface area contributed by atoms with Crippen LogP contribution in [0.4, 0.5) is 15.3 Å². The lowest BCUT2D eigenvalue weighted by atomic mass is 10.2. The Hall–Kier alpha value is -2.82. The molecule has 2 aliphatic heterocycles. The Bertz CT molecular complexity index is 833.